The zero-order chi connectivity index (χ0) is 22.7. The van der Waals surface area contributed by atoms with Gasteiger partial charge in [-0.05, 0) is 61.7 Å². The van der Waals surface area contributed by atoms with Crippen LogP contribution >= 0.6 is 0 Å². The Bertz CT molecular complexity index is 1160. The smallest absolute Gasteiger partial charge is 0.339 e. The highest BCUT2D eigenvalue weighted by molar-refractivity contribution is 7.85. The summed E-state index contributed by atoms with van der Waals surface area (Å²) in [6.45, 7) is 6.55. The first-order valence-electron chi connectivity index (χ1n) is 10.8. The Hall–Kier alpha value is -2.96. The van der Waals surface area contributed by atoms with Crippen molar-refractivity contribution < 1.29 is 13.7 Å². The van der Waals surface area contributed by atoms with Crippen LogP contribution in [0, 0.1) is 13.8 Å². The maximum Gasteiger partial charge on any atom is 0.339 e. The molecule has 1 N–H and O–H groups in total. The Morgan fingerprint density at radius 3 is 2.56 bits per heavy atom. The highest BCUT2D eigenvalue weighted by Gasteiger charge is 2.33. The molecule has 0 bridgehead atoms. The summed E-state index contributed by atoms with van der Waals surface area (Å²) >= 11 is 0. The van der Waals surface area contributed by atoms with Crippen LogP contribution in [0.1, 0.15) is 33.5 Å². The van der Waals surface area contributed by atoms with Crippen LogP contribution in [0.3, 0.4) is 0 Å². The molecule has 1 aliphatic heterocycles. The topological polar surface area (TPSA) is 58.6 Å². The number of anilines is 2. The van der Waals surface area contributed by atoms with Crippen molar-refractivity contribution in [1.29, 1.82) is 0 Å². The van der Waals surface area contributed by atoms with Crippen molar-refractivity contribution in [1.82, 2.24) is 5.32 Å². The molecule has 3 aromatic carbocycles. The van der Waals surface area contributed by atoms with Crippen LogP contribution < -0.4 is 10.2 Å². The standard InChI is InChI=1S/C26H28N2O3S/c1-18-13-14-23-24(19(18)2)28(16-8-15-27-17-20-9-5-4-6-10-20)22-12-7-11-21(26(29)31-3)25(22)32(23)30/h4-7,9-14,27H,8,15-17H2,1-3H3. The zero-order valence-corrected chi connectivity index (χ0v) is 19.5. The second-order valence-corrected chi connectivity index (χ2v) is 9.32. The lowest BCUT2D eigenvalue weighted by Gasteiger charge is -2.35. The zero-order valence-electron chi connectivity index (χ0n) is 18.7. The molecule has 0 saturated heterocycles. The third-order valence-electron chi connectivity index (χ3n) is 5.92. The van der Waals surface area contributed by atoms with E-state index in [-0.39, 0.29) is 0 Å². The minimum absolute atomic E-state index is 0.361. The lowest BCUT2D eigenvalue weighted by molar-refractivity contribution is 0.0596. The number of nitrogens with one attached hydrogen (secondary N) is 1. The van der Waals surface area contributed by atoms with Gasteiger partial charge < -0.3 is 15.0 Å². The number of aryl methyl sites for hydroxylation is 1. The van der Waals surface area contributed by atoms with E-state index in [1.807, 2.05) is 42.5 Å². The van der Waals surface area contributed by atoms with E-state index in [1.165, 1.54) is 12.7 Å². The molecule has 0 spiro atoms. The number of methoxy groups -OCH3 is 1. The highest BCUT2D eigenvalue weighted by Crippen LogP contribution is 2.45. The normalized spacial score (nSPS) is 14.6. The lowest BCUT2D eigenvalue weighted by atomic mass is 10.0. The predicted molar refractivity (Wildman–Crippen MR) is 128 cm³/mol. The van der Waals surface area contributed by atoms with Crippen LogP contribution in [0.25, 0.3) is 0 Å². The van der Waals surface area contributed by atoms with E-state index in [1.54, 1.807) is 6.07 Å². The molecule has 0 amide bonds. The molecule has 0 radical (unpaired) electrons. The molecule has 0 aliphatic carbocycles. The Morgan fingerprint density at radius 1 is 1.03 bits per heavy atom. The van der Waals surface area contributed by atoms with Crippen molar-refractivity contribution in [2.45, 2.75) is 36.6 Å². The average molecular weight is 449 g/mol. The molecule has 1 unspecified atom stereocenters. The Balaban J connectivity index is 1.63. The number of ether oxygens (including phenoxy) is 1. The third kappa shape index (κ3) is 4.20. The second kappa shape index (κ2) is 9.67. The van der Waals surface area contributed by atoms with Crippen molar-refractivity contribution in [3.05, 3.63) is 82.9 Å². The quantitative estimate of drug-likeness (QED) is 0.412. The molecule has 32 heavy (non-hydrogen) atoms. The monoisotopic (exact) mass is 448 g/mol. The number of hydrogen-bond donors (Lipinski definition) is 1. The van der Waals surface area contributed by atoms with E-state index in [0.29, 0.717) is 10.5 Å². The van der Waals surface area contributed by atoms with Gasteiger partial charge in [-0.1, -0.05) is 42.5 Å². The predicted octanol–water partition coefficient (Wildman–Crippen LogP) is 4.89. The SMILES string of the molecule is COC(=O)c1cccc2c1S(=O)c1ccc(C)c(C)c1N2CCCNCc1ccccc1. The van der Waals surface area contributed by atoms with Gasteiger partial charge in [0, 0.05) is 13.1 Å². The molecular formula is C26H28N2O3S. The molecule has 5 nitrogen and oxygen atoms in total. The van der Waals surface area contributed by atoms with Gasteiger partial charge in [0.15, 0.2) is 0 Å². The molecule has 1 heterocycles. The van der Waals surface area contributed by atoms with Gasteiger partial charge in [0.25, 0.3) is 0 Å². The molecule has 3 aromatic rings. The van der Waals surface area contributed by atoms with Crippen LogP contribution in [0.15, 0.2) is 70.5 Å². The van der Waals surface area contributed by atoms with E-state index in [4.69, 9.17) is 4.74 Å². The first-order chi connectivity index (χ1) is 15.5. The number of carbonyl (C=O) groups excluding carboxylic acids is 1. The number of benzene rings is 3. The number of nitrogens with zero attached hydrogens (tertiary/aromatic N) is 1. The fraction of sp³-hybridized carbons (Fsp3) is 0.269. The molecule has 1 atom stereocenters. The van der Waals surface area contributed by atoms with Crippen molar-refractivity contribution in [2.75, 3.05) is 25.1 Å². The van der Waals surface area contributed by atoms with E-state index in [9.17, 15) is 9.00 Å². The van der Waals surface area contributed by atoms with Crippen LogP contribution in [0.2, 0.25) is 0 Å². The molecule has 166 valence electrons. The molecule has 1 aliphatic rings. The van der Waals surface area contributed by atoms with E-state index >= 15 is 0 Å². The minimum Gasteiger partial charge on any atom is -0.465 e. The average Bonchev–Trinajstić information content (AvgIpc) is 2.82. The van der Waals surface area contributed by atoms with E-state index < -0.39 is 16.8 Å². The number of fused-ring (bicyclic) bond motifs is 2. The number of esters is 1. The number of rotatable bonds is 7. The van der Waals surface area contributed by atoms with Gasteiger partial charge in [-0.25, -0.2) is 9.00 Å². The van der Waals surface area contributed by atoms with Crippen molar-refractivity contribution in [2.24, 2.45) is 0 Å². The van der Waals surface area contributed by atoms with E-state index in [0.717, 1.165) is 53.5 Å². The molecular weight excluding hydrogens is 420 g/mol. The summed E-state index contributed by atoms with van der Waals surface area (Å²) < 4.78 is 18.5. The lowest BCUT2D eigenvalue weighted by Crippen LogP contribution is -2.29. The maximum atomic E-state index is 13.6. The molecule has 4 rings (SSSR count). The van der Waals surface area contributed by atoms with Crippen molar-refractivity contribution in [3.63, 3.8) is 0 Å². The molecule has 0 saturated carbocycles. The van der Waals surface area contributed by atoms with Gasteiger partial charge in [-0.15, -0.1) is 0 Å². The summed E-state index contributed by atoms with van der Waals surface area (Å²) in [5.74, 6) is -0.466. The maximum absolute atomic E-state index is 13.6. The summed E-state index contributed by atoms with van der Waals surface area (Å²) in [6.07, 6.45) is 0.897. The summed E-state index contributed by atoms with van der Waals surface area (Å²) in [7, 11) is -0.103. The third-order valence-corrected chi connectivity index (χ3v) is 7.45. The summed E-state index contributed by atoms with van der Waals surface area (Å²) in [6, 6.07) is 19.7. The van der Waals surface area contributed by atoms with E-state index in [2.05, 4.69) is 36.2 Å². The van der Waals surface area contributed by atoms with Crippen LogP contribution in [0.4, 0.5) is 11.4 Å². The fourth-order valence-electron chi connectivity index (χ4n) is 4.12. The number of carbonyl (C=O) groups is 1. The van der Waals surface area contributed by atoms with Crippen molar-refractivity contribution in [3.8, 4) is 0 Å². The summed E-state index contributed by atoms with van der Waals surface area (Å²) in [5.41, 5.74) is 5.68. The highest BCUT2D eigenvalue weighted by atomic mass is 32.2. The van der Waals surface area contributed by atoms with Crippen LogP contribution in [0.5, 0.6) is 0 Å². The first kappa shape index (κ1) is 22.2. The molecule has 6 heteroatoms. The van der Waals surface area contributed by atoms with Crippen LogP contribution in [-0.2, 0) is 22.1 Å². The minimum atomic E-state index is -1.46. The Morgan fingerprint density at radius 2 is 1.81 bits per heavy atom. The summed E-state index contributed by atoms with van der Waals surface area (Å²) in [4.78, 5) is 15.9. The fourth-order valence-corrected chi connectivity index (χ4v) is 5.69. The largest absolute Gasteiger partial charge is 0.465 e. The second-order valence-electron chi connectivity index (χ2n) is 7.94. The Kier molecular flexibility index (Phi) is 6.72. The van der Waals surface area contributed by atoms with Gasteiger partial charge in [0.05, 0.1) is 44.6 Å². The van der Waals surface area contributed by atoms with Crippen LogP contribution in [-0.4, -0.2) is 30.4 Å². The van der Waals surface area contributed by atoms with Gasteiger partial charge in [-0.3, -0.25) is 0 Å². The molecule has 0 fully saturated rings. The molecule has 0 aromatic heterocycles. The van der Waals surface area contributed by atoms with Crippen molar-refractivity contribution >= 4 is 28.1 Å². The van der Waals surface area contributed by atoms with Gasteiger partial charge in [-0.2, -0.15) is 0 Å². The first-order valence-corrected chi connectivity index (χ1v) is 11.9. The summed E-state index contributed by atoms with van der Waals surface area (Å²) in [5, 5.41) is 3.50. The van der Waals surface area contributed by atoms with Gasteiger partial charge in [0.1, 0.15) is 0 Å². The Labute approximate surface area is 191 Å². The van der Waals surface area contributed by atoms with Gasteiger partial charge in [0.2, 0.25) is 0 Å². The van der Waals surface area contributed by atoms with Gasteiger partial charge >= 0.3 is 5.97 Å². The number of hydrogen-bond acceptors (Lipinski definition) is 5.